The largest absolute Gasteiger partial charge is 0.479 e. The fourth-order valence-electron chi connectivity index (χ4n) is 1.26. The molecule has 0 heterocycles. The zero-order valence-electron chi connectivity index (χ0n) is 10.6. The smallest absolute Gasteiger partial charge is 0.332 e. The van der Waals surface area contributed by atoms with Gasteiger partial charge in [-0.15, -0.1) is 0 Å². The number of nitrogens with one attached hydrogen (secondary N) is 2. The second kappa shape index (κ2) is 6.50. The molecule has 19 heavy (non-hydrogen) atoms. The zero-order valence-corrected chi connectivity index (χ0v) is 11.4. The number of carboxylic acid groups (broad SMARTS) is 1. The molecule has 1 aromatic carbocycles. The number of anilines is 1. The standard InChI is InChI=1S/C11H16N2O5S/c1-8(2)13-19(16,17)10-5-3-9(4-6-10)12-18-7-11(14)15/h3-6,8,12-13H,7H2,1-2H3,(H,14,15). The lowest BCUT2D eigenvalue weighted by Gasteiger charge is -2.10. The highest BCUT2D eigenvalue weighted by Crippen LogP contribution is 2.14. The summed E-state index contributed by atoms with van der Waals surface area (Å²) in [6.07, 6.45) is 0. The van der Waals surface area contributed by atoms with Gasteiger partial charge in [0.2, 0.25) is 10.0 Å². The number of hydrogen-bond acceptors (Lipinski definition) is 5. The first-order valence-corrected chi connectivity index (χ1v) is 7.01. The summed E-state index contributed by atoms with van der Waals surface area (Å²) in [5.74, 6) is -1.10. The van der Waals surface area contributed by atoms with Crippen molar-refractivity contribution < 1.29 is 23.2 Å². The first-order chi connectivity index (χ1) is 8.81. The van der Waals surface area contributed by atoms with Gasteiger partial charge in [-0.2, -0.15) is 0 Å². The summed E-state index contributed by atoms with van der Waals surface area (Å²) in [7, 11) is -3.52. The summed E-state index contributed by atoms with van der Waals surface area (Å²) < 4.78 is 26.1. The van der Waals surface area contributed by atoms with Crippen LogP contribution in [-0.4, -0.2) is 32.1 Å². The Hall–Kier alpha value is -1.64. The number of benzene rings is 1. The molecule has 1 rings (SSSR count). The van der Waals surface area contributed by atoms with Crippen LogP contribution in [0, 0.1) is 0 Å². The van der Waals surface area contributed by atoms with Crippen molar-refractivity contribution >= 4 is 21.7 Å². The number of hydrogen-bond donors (Lipinski definition) is 3. The Morgan fingerprint density at radius 1 is 1.32 bits per heavy atom. The van der Waals surface area contributed by atoms with Gasteiger partial charge in [-0.25, -0.2) is 17.9 Å². The van der Waals surface area contributed by atoms with Gasteiger partial charge in [-0.3, -0.25) is 10.3 Å². The van der Waals surface area contributed by atoms with Crippen molar-refractivity contribution in [3.8, 4) is 0 Å². The van der Waals surface area contributed by atoms with Gasteiger partial charge >= 0.3 is 5.97 Å². The van der Waals surface area contributed by atoms with Crippen molar-refractivity contribution in [1.29, 1.82) is 0 Å². The van der Waals surface area contributed by atoms with Crippen molar-refractivity contribution in [1.82, 2.24) is 4.72 Å². The van der Waals surface area contributed by atoms with E-state index in [1.807, 2.05) is 0 Å². The lowest BCUT2D eigenvalue weighted by atomic mass is 10.3. The van der Waals surface area contributed by atoms with Crippen molar-refractivity contribution in [2.45, 2.75) is 24.8 Å². The topological polar surface area (TPSA) is 105 Å². The molecule has 106 valence electrons. The third kappa shape index (κ3) is 5.25. The van der Waals surface area contributed by atoms with Crippen LogP contribution in [0.15, 0.2) is 29.2 Å². The van der Waals surface area contributed by atoms with E-state index in [4.69, 9.17) is 5.11 Å². The van der Waals surface area contributed by atoms with Gasteiger partial charge in [-0.05, 0) is 38.1 Å². The Labute approximate surface area is 111 Å². The van der Waals surface area contributed by atoms with E-state index in [-0.39, 0.29) is 10.9 Å². The maximum atomic E-state index is 11.8. The average molecular weight is 288 g/mol. The second-order valence-corrected chi connectivity index (χ2v) is 5.80. The molecule has 3 N–H and O–H groups in total. The number of carboxylic acids is 1. The molecule has 0 amide bonds. The van der Waals surface area contributed by atoms with Crippen molar-refractivity contribution in [2.75, 3.05) is 12.1 Å². The van der Waals surface area contributed by atoms with Gasteiger partial charge in [0.15, 0.2) is 6.61 Å². The molecular weight excluding hydrogens is 272 g/mol. The van der Waals surface area contributed by atoms with Crippen LogP contribution in [0.3, 0.4) is 0 Å². The molecule has 0 atom stereocenters. The fraction of sp³-hybridized carbons (Fsp3) is 0.364. The molecule has 7 nitrogen and oxygen atoms in total. The quantitative estimate of drug-likeness (QED) is 0.641. The zero-order chi connectivity index (χ0) is 14.5. The fourth-order valence-corrected chi connectivity index (χ4v) is 2.51. The lowest BCUT2D eigenvalue weighted by Crippen LogP contribution is -2.30. The van der Waals surface area contributed by atoms with E-state index in [2.05, 4.69) is 15.0 Å². The molecule has 0 bridgehead atoms. The first kappa shape index (κ1) is 15.4. The molecule has 1 aromatic rings. The van der Waals surface area contributed by atoms with E-state index in [1.165, 1.54) is 24.3 Å². The highest BCUT2D eigenvalue weighted by Gasteiger charge is 2.14. The van der Waals surface area contributed by atoms with E-state index < -0.39 is 22.6 Å². The minimum absolute atomic E-state index is 0.130. The molecule has 8 heteroatoms. The van der Waals surface area contributed by atoms with E-state index >= 15 is 0 Å². The normalized spacial score (nSPS) is 11.5. The van der Waals surface area contributed by atoms with Crippen LogP contribution in [0.2, 0.25) is 0 Å². The van der Waals surface area contributed by atoms with Gasteiger partial charge in [0.05, 0.1) is 10.6 Å². The first-order valence-electron chi connectivity index (χ1n) is 5.53. The molecule has 0 saturated heterocycles. The van der Waals surface area contributed by atoms with Gasteiger partial charge in [0.1, 0.15) is 0 Å². The molecule has 0 saturated carbocycles. The average Bonchev–Trinajstić information content (AvgIpc) is 2.27. The maximum absolute atomic E-state index is 11.8. The number of carbonyl (C=O) groups is 1. The highest BCUT2D eigenvalue weighted by molar-refractivity contribution is 7.89. The summed E-state index contributed by atoms with van der Waals surface area (Å²) >= 11 is 0. The summed E-state index contributed by atoms with van der Waals surface area (Å²) in [6, 6.07) is 5.57. The Morgan fingerprint density at radius 2 is 1.89 bits per heavy atom. The van der Waals surface area contributed by atoms with Crippen LogP contribution < -0.4 is 10.2 Å². The van der Waals surface area contributed by atoms with Gasteiger partial charge < -0.3 is 5.11 Å². The van der Waals surface area contributed by atoms with Gasteiger partial charge in [0.25, 0.3) is 0 Å². The molecule has 0 aliphatic rings. The number of rotatable bonds is 7. The van der Waals surface area contributed by atoms with Crippen LogP contribution in [0.4, 0.5) is 5.69 Å². The van der Waals surface area contributed by atoms with E-state index in [9.17, 15) is 13.2 Å². The highest BCUT2D eigenvalue weighted by atomic mass is 32.2. The van der Waals surface area contributed by atoms with Gasteiger partial charge in [0, 0.05) is 6.04 Å². The number of sulfonamides is 1. The Morgan fingerprint density at radius 3 is 2.37 bits per heavy atom. The minimum Gasteiger partial charge on any atom is -0.479 e. The summed E-state index contributed by atoms with van der Waals surface area (Å²) in [6.45, 7) is 2.97. The van der Waals surface area contributed by atoms with E-state index in [0.717, 1.165) is 0 Å². The summed E-state index contributed by atoms with van der Waals surface area (Å²) in [5.41, 5.74) is 2.86. The van der Waals surface area contributed by atoms with Crippen molar-refractivity contribution in [3.63, 3.8) is 0 Å². The van der Waals surface area contributed by atoms with Crippen LogP contribution >= 0.6 is 0 Å². The summed E-state index contributed by atoms with van der Waals surface area (Å²) in [5, 5.41) is 8.37. The Balaban J connectivity index is 2.68. The molecule has 0 aliphatic heterocycles. The van der Waals surface area contributed by atoms with Crippen molar-refractivity contribution in [2.24, 2.45) is 0 Å². The van der Waals surface area contributed by atoms with Crippen molar-refractivity contribution in [3.05, 3.63) is 24.3 Å². The molecule has 0 aliphatic carbocycles. The summed E-state index contributed by atoms with van der Waals surface area (Å²) in [4.78, 5) is 15.0. The van der Waals surface area contributed by atoms with Crippen LogP contribution in [0.5, 0.6) is 0 Å². The third-order valence-corrected chi connectivity index (χ3v) is 3.62. The van der Waals surface area contributed by atoms with E-state index in [0.29, 0.717) is 5.69 Å². The molecule has 0 spiro atoms. The minimum atomic E-state index is -3.52. The molecule has 0 fully saturated rings. The molecule has 0 aromatic heterocycles. The Kier molecular flexibility index (Phi) is 5.28. The predicted molar refractivity (Wildman–Crippen MR) is 69.1 cm³/mol. The van der Waals surface area contributed by atoms with E-state index in [1.54, 1.807) is 13.8 Å². The Bertz CT molecular complexity index is 525. The maximum Gasteiger partial charge on any atom is 0.332 e. The van der Waals surface area contributed by atoms with Gasteiger partial charge in [-0.1, -0.05) is 0 Å². The molecule has 0 radical (unpaired) electrons. The van der Waals surface area contributed by atoms with Crippen LogP contribution in [0.25, 0.3) is 0 Å². The second-order valence-electron chi connectivity index (χ2n) is 4.08. The predicted octanol–water partition coefficient (Wildman–Crippen LogP) is 0.801. The number of aliphatic carboxylic acids is 1. The monoisotopic (exact) mass is 288 g/mol. The SMILES string of the molecule is CC(C)NS(=O)(=O)c1ccc(NOCC(=O)O)cc1. The lowest BCUT2D eigenvalue weighted by molar-refractivity contribution is -0.141. The van der Waals surface area contributed by atoms with Crippen LogP contribution in [0.1, 0.15) is 13.8 Å². The molecular formula is C11H16N2O5S. The molecule has 0 unspecified atom stereocenters. The van der Waals surface area contributed by atoms with Crippen LogP contribution in [-0.2, 0) is 19.7 Å². The third-order valence-electron chi connectivity index (χ3n) is 1.94.